The first-order chi connectivity index (χ1) is 9.99. The second-order valence-corrected chi connectivity index (χ2v) is 5.58. The molecule has 0 aliphatic carbocycles. The van der Waals surface area contributed by atoms with Crippen molar-refractivity contribution in [2.75, 3.05) is 31.5 Å². The molecule has 1 aromatic rings. The van der Waals surface area contributed by atoms with E-state index in [1.54, 1.807) is 25.3 Å². The van der Waals surface area contributed by atoms with Crippen molar-refractivity contribution >= 4 is 29.1 Å². The minimum atomic E-state index is -0.199. The molecule has 1 aromatic heterocycles. The number of rotatable bonds is 3. The Hall–Kier alpha value is -1.66. The maximum atomic E-state index is 12.3. The Bertz CT molecular complexity index is 529. The number of amides is 2. The molecule has 6 nitrogen and oxygen atoms in total. The highest BCUT2D eigenvalue weighted by Gasteiger charge is 2.30. The largest absolute Gasteiger partial charge is 0.332 e. The summed E-state index contributed by atoms with van der Waals surface area (Å²) in [7, 11) is 0. The average Bonchev–Trinajstić information content (AvgIpc) is 2.49. The van der Waals surface area contributed by atoms with Crippen molar-refractivity contribution in [1.82, 2.24) is 9.88 Å². The summed E-state index contributed by atoms with van der Waals surface area (Å²) >= 11 is 5.94. The highest BCUT2D eigenvalue weighted by molar-refractivity contribution is 6.32. The van der Waals surface area contributed by atoms with Crippen LogP contribution in [0, 0.1) is 0 Å². The van der Waals surface area contributed by atoms with Crippen LogP contribution in [0.2, 0.25) is 5.15 Å². The van der Waals surface area contributed by atoms with Gasteiger partial charge in [-0.25, -0.2) is 4.98 Å². The van der Waals surface area contributed by atoms with Crippen LogP contribution in [0.25, 0.3) is 0 Å². The van der Waals surface area contributed by atoms with Crippen LogP contribution >= 0.6 is 11.6 Å². The lowest BCUT2D eigenvalue weighted by atomic mass is 10.2. The van der Waals surface area contributed by atoms with Gasteiger partial charge in [-0.3, -0.25) is 9.59 Å². The Morgan fingerprint density at radius 1 is 1.43 bits per heavy atom. The topological polar surface area (TPSA) is 66.7 Å². The summed E-state index contributed by atoms with van der Waals surface area (Å²) in [6.07, 6.45) is 1.58. The third-order valence-corrected chi connectivity index (χ3v) is 4.17. The monoisotopic (exact) mass is 311 g/mol. The van der Waals surface area contributed by atoms with Gasteiger partial charge in [-0.15, -0.1) is 0 Å². The predicted octanol–water partition coefficient (Wildman–Crippen LogP) is -0.191. The van der Waals surface area contributed by atoms with Crippen molar-refractivity contribution in [1.29, 1.82) is 0 Å². The van der Waals surface area contributed by atoms with E-state index in [0.29, 0.717) is 18.8 Å². The van der Waals surface area contributed by atoms with Crippen molar-refractivity contribution in [2.45, 2.75) is 19.9 Å². The molecule has 1 atom stereocenters. The molecule has 1 aliphatic rings. The number of nitrogens with one attached hydrogen (secondary N) is 2. The molecule has 0 spiro atoms. The van der Waals surface area contributed by atoms with Gasteiger partial charge in [-0.2, -0.15) is 0 Å². The molecule has 0 bridgehead atoms. The molecule has 2 rings (SSSR count). The number of aromatic nitrogens is 1. The lowest BCUT2D eigenvalue weighted by Gasteiger charge is -2.34. The van der Waals surface area contributed by atoms with E-state index in [1.165, 1.54) is 4.90 Å². The first-order valence-corrected chi connectivity index (χ1v) is 7.38. The maximum absolute atomic E-state index is 12.3. The third-order valence-electron chi connectivity index (χ3n) is 3.87. The average molecular weight is 312 g/mol. The van der Waals surface area contributed by atoms with E-state index >= 15 is 0 Å². The van der Waals surface area contributed by atoms with E-state index in [0.717, 1.165) is 13.1 Å². The van der Waals surface area contributed by atoms with Gasteiger partial charge in [-0.05, 0) is 19.1 Å². The number of carbonyl (C=O) groups excluding carboxylic acids is 2. The number of nitrogens with zero attached hydrogens (tertiary/aromatic N) is 2. The molecule has 0 aromatic carbocycles. The lowest BCUT2D eigenvalue weighted by molar-refractivity contribution is -0.917. The van der Waals surface area contributed by atoms with Crippen molar-refractivity contribution < 1.29 is 14.5 Å². The van der Waals surface area contributed by atoms with Gasteiger partial charge < -0.3 is 15.1 Å². The maximum Gasteiger partial charge on any atom is 0.282 e. The van der Waals surface area contributed by atoms with Gasteiger partial charge in [0.1, 0.15) is 0 Å². The van der Waals surface area contributed by atoms with Gasteiger partial charge in [0, 0.05) is 13.1 Å². The Kier molecular flexibility index (Phi) is 5.14. The summed E-state index contributed by atoms with van der Waals surface area (Å²) in [5.74, 6) is 0.00414. The molecule has 2 N–H and O–H groups in total. The number of pyridine rings is 1. The lowest BCUT2D eigenvalue weighted by Crippen LogP contribution is -3.19. The first-order valence-electron chi connectivity index (χ1n) is 7.00. The summed E-state index contributed by atoms with van der Waals surface area (Å²) in [4.78, 5) is 30.5. The standard InChI is InChI=1S/C14H19ClN4O2/c1-10(18-6-8-19(9-7-18)11(2)20)14(21)17-12-4-3-5-16-13(12)15/h3-5,10H,6-9H2,1-2H3,(H,17,21)/p+1/t10-/m1/s1. The molecule has 7 heteroatoms. The van der Waals surface area contributed by atoms with Crippen LogP contribution in [0.1, 0.15) is 13.8 Å². The number of anilines is 1. The number of hydrogen-bond donors (Lipinski definition) is 2. The van der Waals surface area contributed by atoms with Crippen LogP contribution < -0.4 is 10.2 Å². The summed E-state index contributed by atoms with van der Waals surface area (Å²) < 4.78 is 0. The number of hydrogen-bond acceptors (Lipinski definition) is 3. The number of piperazine rings is 1. The van der Waals surface area contributed by atoms with E-state index in [4.69, 9.17) is 11.6 Å². The fourth-order valence-electron chi connectivity index (χ4n) is 2.45. The Balaban J connectivity index is 1.92. The van der Waals surface area contributed by atoms with Crippen LogP contribution in [-0.4, -0.2) is 53.9 Å². The Morgan fingerprint density at radius 3 is 2.67 bits per heavy atom. The SMILES string of the molecule is CC(=O)N1CC[NH+]([C@H](C)C(=O)Nc2cccnc2Cl)CC1. The molecule has 2 amide bonds. The van der Waals surface area contributed by atoms with Crippen molar-refractivity contribution in [3.8, 4) is 0 Å². The molecule has 0 unspecified atom stereocenters. The van der Waals surface area contributed by atoms with Gasteiger partial charge in [0.05, 0.1) is 31.9 Å². The van der Waals surface area contributed by atoms with Crippen LogP contribution in [0.15, 0.2) is 18.3 Å². The minimum absolute atomic E-state index is 0.0869. The van der Waals surface area contributed by atoms with E-state index in [2.05, 4.69) is 10.3 Å². The number of carbonyl (C=O) groups is 2. The van der Waals surface area contributed by atoms with Gasteiger partial charge in [0.15, 0.2) is 11.2 Å². The Labute approximate surface area is 129 Å². The van der Waals surface area contributed by atoms with E-state index in [9.17, 15) is 9.59 Å². The minimum Gasteiger partial charge on any atom is -0.332 e. The molecule has 114 valence electrons. The molecule has 2 heterocycles. The zero-order valence-corrected chi connectivity index (χ0v) is 13.0. The third kappa shape index (κ3) is 3.92. The van der Waals surface area contributed by atoms with Gasteiger partial charge in [-0.1, -0.05) is 11.6 Å². The molecule has 1 fully saturated rings. The molecule has 1 aliphatic heterocycles. The Morgan fingerprint density at radius 2 is 2.10 bits per heavy atom. The second-order valence-electron chi connectivity index (χ2n) is 5.22. The van der Waals surface area contributed by atoms with E-state index < -0.39 is 0 Å². The van der Waals surface area contributed by atoms with Crippen molar-refractivity contribution in [3.63, 3.8) is 0 Å². The zero-order valence-electron chi connectivity index (χ0n) is 12.2. The fraction of sp³-hybridized carbons (Fsp3) is 0.500. The summed E-state index contributed by atoms with van der Waals surface area (Å²) in [6, 6.07) is 3.25. The molecular formula is C14H20ClN4O2+. The quantitative estimate of drug-likeness (QED) is 0.760. The molecule has 0 radical (unpaired) electrons. The highest BCUT2D eigenvalue weighted by atomic mass is 35.5. The van der Waals surface area contributed by atoms with Crippen LogP contribution in [0.4, 0.5) is 5.69 Å². The van der Waals surface area contributed by atoms with Crippen molar-refractivity contribution in [3.05, 3.63) is 23.5 Å². The fourth-order valence-corrected chi connectivity index (χ4v) is 2.61. The number of quaternary nitrogens is 1. The van der Waals surface area contributed by atoms with Gasteiger partial charge in [0.2, 0.25) is 5.91 Å². The summed E-state index contributed by atoms with van der Waals surface area (Å²) in [6.45, 7) is 6.39. The molecule has 0 saturated carbocycles. The summed E-state index contributed by atoms with van der Waals surface area (Å²) in [5.41, 5.74) is 0.526. The molecule has 1 saturated heterocycles. The first kappa shape index (κ1) is 15.7. The van der Waals surface area contributed by atoms with E-state index in [1.807, 2.05) is 11.8 Å². The van der Waals surface area contributed by atoms with E-state index in [-0.39, 0.29) is 23.0 Å². The van der Waals surface area contributed by atoms with Crippen LogP contribution in [0.3, 0.4) is 0 Å². The van der Waals surface area contributed by atoms with Crippen molar-refractivity contribution in [2.24, 2.45) is 0 Å². The van der Waals surface area contributed by atoms with Gasteiger partial charge in [0.25, 0.3) is 5.91 Å². The highest BCUT2D eigenvalue weighted by Crippen LogP contribution is 2.17. The molecule has 21 heavy (non-hydrogen) atoms. The second kappa shape index (κ2) is 6.87. The molecular weight excluding hydrogens is 292 g/mol. The number of halogens is 1. The predicted molar refractivity (Wildman–Crippen MR) is 80.3 cm³/mol. The zero-order chi connectivity index (χ0) is 15.4. The summed E-state index contributed by atoms with van der Waals surface area (Å²) in [5, 5.41) is 3.09. The smallest absolute Gasteiger partial charge is 0.282 e. The van der Waals surface area contributed by atoms with Crippen LogP contribution in [-0.2, 0) is 9.59 Å². The van der Waals surface area contributed by atoms with Gasteiger partial charge >= 0.3 is 0 Å². The normalized spacial score (nSPS) is 17.4. The van der Waals surface area contributed by atoms with Crippen LogP contribution in [0.5, 0.6) is 0 Å².